The van der Waals surface area contributed by atoms with E-state index in [0.717, 1.165) is 0 Å². The van der Waals surface area contributed by atoms with Crippen LogP contribution in [0.2, 0.25) is 0 Å². The third-order valence-electron chi connectivity index (χ3n) is 4.35. The molecule has 34 heavy (non-hydrogen) atoms. The van der Waals surface area contributed by atoms with Crippen LogP contribution in [0.3, 0.4) is 0 Å². The second-order valence-corrected chi connectivity index (χ2v) is 9.26. The number of anilines is 1. The second-order valence-electron chi connectivity index (χ2n) is 6.86. The Labute approximate surface area is 205 Å². The molecule has 3 aromatic rings. The maximum absolute atomic E-state index is 12.6. The molecule has 0 radical (unpaired) electrons. The van der Waals surface area contributed by atoms with Gasteiger partial charge in [-0.15, -0.1) is 0 Å². The van der Waals surface area contributed by atoms with E-state index in [9.17, 15) is 18.0 Å². The first kappa shape index (κ1) is 24.9. The topological polar surface area (TPSA) is 123 Å². The largest absolute Gasteiger partial charge is 0.497 e. The summed E-state index contributed by atoms with van der Waals surface area (Å²) in [4.78, 5) is 23.2. The number of rotatable bonds is 8. The van der Waals surface area contributed by atoms with E-state index in [0.29, 0.717) is 27.0 Å². The van der Waals surface area contributed by atoms with Crippen LogP contribution < -0.4 is 19.7 Å². The number of benzene rings is 3. The van der Waals surface area contributed by atoms with E-state index in [1.165, 1.54) is 50.6 Å². The molecule has 0 fully saturated rings. The van der Waals surface area contributed by atoms with Gasteiger partial charge in [0.2, 0.25) is 5.91 Å². The molecule has 0 aliphatic rings. The summed E-state index contributed by atoms with van der Waals surface area (Å²) in [5.74, 6) is 0.0508. The Kier molecular flexibility index (Phi) is 8.03. The number of hydrogen-bond acceptors (Lipinski definition) is 7. The molecular weight excluding hydrogens is 526 g/mol. The molecule has 0 spiro atoms. The Morgan fingerprint density at radius 3 is 2.26 bits per heavy atom. The monoisotopic (exact) mass is 545 g/mol. The number of halogens is 1. The van der Waals surface area contributed by atoms with Crippen molar-refractivity contribution in [3.05, 3.63) is 82.3 Å². The van der Waals surface area contributed by atoms with Gasteiger partial charge >= 0.3 is 10.1 Å². The predicted octanol–water partition coefficient (Wildman–Crippen LogP) is 3.95. The molecule has 11 heteroatoms. The number of amides is 2. The van der Waals surface area contributed by atoms with Crippen LogP contribution in [0.5, 0.6) is 11.5 Å². The van der Waals surface area contributed by atoms with Crippen LogP contribution in [0.1, 0.15) is 22.8 Å². The van der Waals surface area contributed by atoms with Crippen LogP contribution in [0.15, 0.2) is 81.2 Å². The molecule has 0 aliphatic heterocycles. The van der Waals surface area contributed by atoms with Crippen molar-refractivity contribution in [2.45, 2.75) is 11.8 Å². The first-order chi connectivity index (χ1) is 16.2. The van der Waals surface area contributed by atoms with Crippen molar-refractivity contribution in [2.75, 3.05) is 12.4 Å². The van der Waals surface area contributed by atoms with Gasteiger partial charge in [0.1, 0.15) is 10.6 Å². The van der Waals surface area contributed by atoms with Crippen molar-refractivity contribution < 1.29 is 26.9 Å². The van der Waals surface area contributed by atoms with Gasteiger partial charge < -0.3 is 14.2 Å². The van der Waals surface area contributed by atoms with Crippen LogP contribution in [-0.2, 0) is 14.9 Å². The molecular formula is C23H20BrN3O6S. The van der Waals surface area contributed by atoms with Gasteiger partial charge in [-0.25, -0.2) is 5.43 Å². The lowest BCUT2D eigenvalue weighted by atomic mass is 10.2. The van der Waals surface area contributed by atoms with Gasteiger partial charge in [0.15, 0.2) is 5.75 Å². The van der Waals surface area contributed by atoms with E-state index < -0.39 is 16.0 Å². The summed E-state index contributed by atoms with van der Waals surface area (Å²) in [6.07, 6.45) is 1.41. The van der Waals surface area contributed by atoms with Crippen LogP contribution in [0.25, 0.3) is 0 Å². The van der Waals surface area contributed by atoms with Crippen molar-refractivity contribution in [1.29, 1.82) is 0 Å². The second kappa shape index (κ2) is 10.9. The van der Waals surface area contributed by atoms with Gasteiger partial charge in [0, 0.05) is 18.2 Å². The Hall–Kier alpha value is -3.70. The number of carbonyl (C=O) groups excluding carboxylic acids is 2. The van der Waals surface area contributed by atoms with Crippen LogP contribution >= 0.6 is 15.9 Å². The molecule has 9 nitrogen and oxygen atoms in total. The van der Waals surface area contributed by atoms with Crippen molar-refractivity contribution in [3.63, 3.8) is 0 Å². The van der Waals surface area contributed by atoms with E-state index >= 15 is 0 Å². The summed E-state index contributed by atoms with van der Waals surface area (Å²) in [7, 11) is -2.56. The van der Waals surface area contributed by atoms with Gasteiger partial charge in [0.05, 0.1) is 17.8 Å². The van der Waals surface area contributed by atoms with Crippen LogP contribution in [0.4, 0.5) is 5.69 Å². The molecule has 0 aromatic heterocycles. The Bertz CT molecular complexity index is 1320. The first-order valence-electron chi connectivity index (χ1n) is 9.77. The third-order valence-corrected chi connectivity index (χ3v) is 6.22. The summed E-state index contributed by atoms with van der Waals surface area (Å²) in [6.45, 7) is 1.36. The third kappa shape index (κ3) is 6.65. The molecule has 0 unspecified atom stereocenters. The lowest BCUT2D eigenvalue weighted by Gasteiger charge is -2.10. The minimum atomic E-state index is -4.10. The first-order valence-corrected chi connectivity index (χ1v) is 12.0. The molecule has 0 saturated heterocycles. The zero-order chi connectivity index (χ0) is 24.7. The van der Waals surface area contributed by atoms with Gasteiger partial charge in [-0.05, 0) is 88.2 Å². The van der Waals surface area contributed by atoms with Crippen molar-refractivity contribution in [1.82, 2.24) is 5.43 Å². The highest BCUT2D eigenvalue weighted by molar-refractivity contribution is 9.10. The van der Waals surface area contributed by atoms with Gasteiger partial charge in [-0.1, -0.05) is 0 Å². The van der Waals surface area contributed by atoms with Gasteiger partial charge in [-0.3, -0.25) is 9.59 Å². The molecule has 176 valence electrons. The van der Waals surface area contributed by atoms with Crippen LogP contribution in [-0.4, -0.2) is 33.6 Å². The highest BCUT2D eigenvalue weighted by Crippen LogP contribution is 2.29. The molecule has 0 saturated carbocycles. The lowest BCUT2D eigenvalue weighted by Crippen LogP contribution is -2.17. The van der Waals surface area contributed by atoms with E-state index in [1.807, 2.05) is 0 Å². The van der Waals surface area contributed by atoms with Gasteiger partial charge in [-0.2, -0.15) is 13.5 Å². The number of ether oxygens (including phenoxy) is 1. The molecule has 3 rings (SSSR count). The normalized spacial score (nSPS) is 11.1. The van der Waals surface area contributed by atoms with E-state index in [1.54, 1.807) is 36.4 Å². The number of hydrazone groups is 1. The molecule has 2 N–H and O–H groups in total. The molecule has 0 aliphatic carbocycles. The summed E-state index contributed by atoms with van der Waals surface area (Å²) in [5.41, 5.74) is 3.89. The number of nitrogens with one attached hydrogen (secondary N) is 2. The Morgan fingerprint density at radius 1 is 1.00 bits per heavy atom. The number of hydrogen-bond donors (Lipinski definition) is 2. The highest BCUT2D eigenvalue weighted by atomic mass is 79.9. The summed E-state index contributed by atoms with van der Waals surface area (Å²) in [5, 5.41) is 6.48. The van der Waals surface area contributed by atoms with E-state index in [2.05, 4.69) is 31.8 Å². The number of carbonyl (C=O) groups is 2. The van der Waals surface area contributed by atoms with Crippen molar-refractivity contribution in [2.24, 2.45) is 5.10 Å². The average molecular weight is 546 g/mol. The van der Waals surface area contributed by atoms with Crippen molar-refractivity contribution in [3.8, 4) is 11.5 Å². The van der Waals surface area contributed by atoms with E-state index in [4.69, 9.17) is 8.92 Å². The summed E-state index contributed by atoms with van der Waals surface area (Å²) in [6, 6.07) is 16.8. The zero-order valence-electron chi connectivity index (χ0n) is 18.1. The highest BCUT2D eigenvalue weighted by Gasteiger charge is 2.18. The number of nitrogens with zero attached hydrogens (tertiary/aromatic N) is 1. The quantitative estimate of drug-likeness (QED) is 0.251. The minimum absolute atomic E-state index is 0.0691. The lowest BCUT2D eigenvalue weighted by molar-refractivity contribution is -0.114. The summed E-state index contributed by atoms with van der Waals surface area (Å²) >= 11 is 3.28. The summed E-state index contributed by atoms with van der Waals surface area (Å²) < 4.78 is 35.8. The Balaban J connectivity index is 1.64. The maximum atomic E-state index is 12.6. The average Bonchev–Trinajstić information content (AvgIpc) is 2.80. The zero-order valence-corrected chi connectivity index (χ0v) is 20.5. The van der Waals surface area contributed by atoms with Crippen LogP contribution in [0, 0.1) is 0 Å². The maximum Gasteiger partial charge on any atom is 0.339 e. The Morgan fingerprint density at radius 2 is 1.68 bits per heavy atom. The fraction of sp³-hybridized carbons (Fsp3) is 0.0870. The minimum Gasteiger partial charge on any atom is -0.497 e. The molecule has 3 aromatic carbocycles. The molecule has 0 bridgehead atoms. The predicted molar refractivity (Wildman–Crippen MR) is 131 cm³/mol. The van der Waals surface area contributed by atoms with E-state index in [-0.39, 0.29) is 16.6 Å². The molecule has 0 atom stereocenters. The van der Waals surface area contributed by atoms with Crippen molar-refractivity contribution >= 4 is 49.8 Å². The fourth-order valence-electron chi connectivity index (χ4n) is 2.71. The SMILES string of the molecule is COc1ccc(C(=O)N/N=C\c2ccc(OS(=O)(=O)c3ccc(NC(C)=O)cc3)c(Br)c2)cc1. The van der Waals surface area contributed by atoms with Gasteiger partial charge in [0.25, 0.3) is 5.91 Å². The molecule has 2 amide bonds. The standard InChI is InChI=1S/C23H20BrN3O6S/c1-15(28)26-18-6-10-20(11-7-18)34(30,31)33-22-12-3-16(13-21(22)24)14-25-27-23(29)17-4-8-19(32-2)9-5-17/h3-14H,1-2H3,(H,26,28)(H,27,29)/b25-14-. The smallest absolute Gasteiger partial charge is 0.339 e. The molecule has 0 heterocycles. The number of methoxy groups -OCH3 is 1. The fourth-order valence-corrected chi connectivity index (χ4v) is 4.24.